The fraction of sp³-hybridized carbons (Fsp3) is 0.345. The summed E-state index contributed by atoms with van der Waals surface area (Å²) in [4.78, 5) is 11.0. The lowest BCUT2D eigenvalue weighted by atomic mass is 9.71. The van der Waals surface area contributed by atoms with Crippen molar-refractivity contribution in [3.63, 3.8) is 0 Å². The first-order valence-electron chi connectivity index (χ1n) is 10.9. The molecule has 0 radical (unpaired) electrons. The SMILES string of the molecule is CC1(C)CCCC(c2ccc(C(C)(C)C)cc2)=C1C=CC#Cc1ccc(C(=O)O)cc1. The van der Waals surface area contributed by atoms with Gasteiger partial charge in [-0.3, -0.25) is 0 Å². The second kappa shape index (κ2) is 8.98. The molecule has 160 valence electrons. The zero-order valence-electron chi connectivity index (χ0n) is 19.3. The highest BCUT2D eigenvalue weighted by Gasteiger charge is 2.28. The summed E-state index contributed by atoms with van der Waals surface area (Å²) in [6, 6.07) is 15.7. The maximum atomic E-state index is 11.0. The first-order valence-corrected chi connectivity index (χ1v) is 10.9. The normalized spacial score (nSPS) is 16.2. The molecule has 0 saturated carbocycles. The van der Waals surface area contributed by atoms with Gasteiger partial charge in [-0.2, -0.15) is 0 Å². The summed E-state index contributed by atoms with van der Waals surface area (Å²) in [6.45, 7) is 11.4. The lowest BCUT2D eigenvalue weighted by molar-refractivity contribution is 0.0697. The van der Waals surface area contributed by atoms with Crippen LogP contribution in [-0.4, -0.2) is 11.1 Å². The van der Waals surface area contributed by atoms with E-state index in [1.54, 1.807) is 24.3 Å². The number of hydrogen-bond donors (Lipinski definition) is 1. The van der Waals surface area contributed by atoms with Crippen LogP contribution < -0.4 is 0 Å². The number of aromatic carboxylic acids is 1. The second-order valence-electron chi connectivity index (χ2n) is 9.94. The number of rotatable bonds is 3. The van der Waals surface area contributed by atoms with E-state index in [-0.39, 0.29) is 16.4 Å². The summed E-state index contributed by atoms with van der Waals surface area (Å²) in [6.07, 6.45) is 7.55. The maximum absolute atomic E-state index is 11.0. The van der Waals surface area contributed by atoms with E-state index < -0.39 is 5.97 Å². The maximum Gasteiger partial charge on any atom is 0.335 e. The van der Waals surface area contributed by atoms with Gasteiger partial charge in [0, 0.05) is 5.56 Å². The Kier molecular flexibility index (Phi) is 6.56. The zero-order chi connectivity index (χ0) is 22.6. The molecule has 0 heterocycles. The largest absolute Gasteiger partial charge is 0.478 e. The third-order valence-electron chi connectivity index (χ3n) is 6.06. The first kappa shape index (κ1) is 22.6. The number of carbonyl (C=O) groups is 1. The highest BCUT2D eigenvalue weighted by atomic mass is 16.4. The molecule has 31 heavy (non-hydrogen) atoms. The Balaban J connectivity index is 1.89. The average Bonchev–Trinajstić information content (AvgIpc) is 2.71. The van der Waals surface area contributed by atoms with Crippen LogP contribution in [-0.2, 0) is 5.41 Å². The van der Waals surface area contributed by atoms with E-state index in [0.717, 1.165) is 12.0 Å². The van der Waals surface area contributed by atoms with Crippen molar-refractivity contribution in [2.24, 2.45) is 5.41 Å². The number of benzene rings is 2. The molecule has 0 aromatic heterocycles. The van der Waals surface area contributed by atoms with Crippen LogP contribution in [0.5, 0.6) is 0 Å². The van der Waals surface area contributed by atoms with Crippen molar-refractivity contribution >= 4 is 11.5 Å². The highest BCUT2D eigenvalue weighted by Crippen LogP contribution is 2.44. The van der Waals surface area contributed by atoms with Crippen LogP contribution in [0, 0.1) is 17.3 Å². The van der Waals surface area contributed by atoms with Crippen LogP contribution in [0.3, 0.4) is 0 Å². The predicted molar refractivity (Wildman–Crippen MR) is 129 cm³/mol. The lowest BCUT2D eigenvalue weighted by Crippen LogP contribution is -2.19. The third-order valence-corrected chi connectivity index (χ3v) is 6.06. The summed E-state index contributed by atoms with van der Waals surface area (Å²) < 4.78 is 0. The van der Waals surface area contributed by atoms with Gasteiger partial charge in [-0.25, -0.2) is 4.79 Å². The van der Waals surface area contributed by atoms with Gasteiger partial charge in [0.1, 0.15) is 0 Å². The van der Waals surface area contributed by atoms with Gasteiger partial charge in [0.2, 0.25) is 0 Å². The smallest absolute Gasteiger partial charge is 0.335 e. The Labute approximate surface area is 186 Å². The Morgan fingerprint density at radius 2 is 1.68 bits per heavy atom. The van der Waals surface area contributed by atoms with Crippen molar-refractivity contribution in [1.29, 1.82) is 0 Å². The second-order valence-corrected chi connectivity index (χ2v) is 9.94. The molecule has 3 rings (SSSR count). The zero-order valence-corrected chi connectivity index (χ0v) is 19.3. The van der Waals surface area contributed by atoms with Gasteiger partial charge >= 0.3 is 5.97 Å². The van der Waals surface area contributed by atoms with Gasteiger partial charge < -0.3 is 5.11 Å². The molecule has 0 fully saturated rings. The molecule has 0 amide bonds. The summed E-state index contributed by atoms with van der Waals surface area (Å²) in [5, 5.41) is 9.00. The quantitative estimate of drug-likeness (QED) is 0.539. The Morgan fingerprint density at radius 1 is 1.03 bits per heavy atom. The lowest BCUT2D eigenvalue weighted by Gasteiger charge is -2.34. The molecule has 0 unspecified atom stereocenters. The van der Waals surface area contributed by atoms with Gasteiger partial charge in [-0.05, 0) is 88.8 Å². The Morgan fingerprint density at radius 3 is 2.26 bits per heavy atom. The van der Waals surface area contributed by atoms with Crippen LogP contribution in [0.15, 0.2) is 66.3 Å². The number of hydrogen-bond acceptors (Lipinski definition) is 1. The summed E-state index contributed by atoms with van der Waals surface area (Å²) in [5.41, 5.74) is 6.78. The van der Waals surface area contributed by atoms with Crippen LogP contribution >= 0.6 is 0 Å². The van der Waals surface area contributed by atoms with Crippen molar-refractivity contribution in [3.8, 4) is 11.8 Å². The van der Waals surface area contributed by atoms with E-state index in [1.807, 2.05) is 6.08 Å². The minimum atomic E-state index is -0.922. The summed E-state index contributed by atoms with van der Waals surface area (Å²) in [7, 11) is 0. The van der Waals surface area contributed by atoms with Gasteiger partial charge in [0.25, 0.3) is 0 Å². The fourth-order valence-corrected chi connectivity index (χ4v) is 4.13. The molecule has 1 aliphatic carbocycles. The average molecular weight is 413 g/mol. The Bertz CT molecular complexity index is 1060. The number of carboxylic acids is 1. The first-order chi connectivity index (χ1) is 14.6. The van der Waals surface area contributed by atoms with Gasteiger partial charge in [-0.1, -0.05) is 70.7 Å². The molecule has 2 aromatic carbocycles. The van der Waals surface area contributed by atoms with Gasteiger partial charge in [0.05, 0.1) is 5.56 Å². The molecule has 2 heteroatoms. The standard InChI is InChI=1S/C29H32O2/c1-28(2,3)24-18-16-22(17-19-24)25-10-8-20-29(4,5)26(25)11-7-6-9-21-12-14-23(15-13-21)27(30)31/h7,11-19H,8,10,20H2,1-5H3,(H,30,31). The van der Waals surface area contributed by atoms with Crippen molar-refractivity contribution in [2.45, 2.75) is 59.3 Å². The molecule has 0 spiro atoms. The van der Waals surface area contributed by atoms with Crippen molar-refractivity contribution < 1.29 is 9.90 Å². The van der Waals surface area contributed by atoms with Gasteiger partial charge in [0.15, 0.2) is 0 Å². The molecule has 2 nitrogen and oxygen atoms in total. The molecule has 1 N–H and O–H groups in total. The van der Waals surface area contributed by atoms with Crippen molar-refractivity contribution in [1.82, 2.24) is 0 Å². The molecule has 0 saturated heterocycles. The van der Waals surface area contributed by atoms with Crippen molar-refractivity contribution in [3.05, 3.63) is 88.5 Å². The van der Waals surface area contributed by atoms with Crippen LogP contribution in [0.25, 0.3) is 5.57 Å². The summed E-state index contributed by atoms with van der Waals surface area (Å²) in [5.74, 6) is 5.31. The molecular weight excluding hydrogens is 380 g/mol. The predicted octanol–water partition coefficient (Wildman–Crippen LogP) is 7.25. The van der Waals surface area contributed by atoms with E-state index in [2.05, 4.69) is 76.8 Å². The van der Waals surface area contributed by atoms with E-state index in [9.17, 15) is 4.79 Å². The highest BCUT2D eigenvalue weighted by molar-refractivity contribution is 5.87. The monoisotopic (exact) mass is 412 g/mol. The molecule has 1 aliphatic rings. The van der Waals surface area contributed by atoms with E-state index in [4.69, 9.17) is 5.11 Å². The summed E-state index contributed by atoms with van der Waals surface area (Å²) >= 11 is 0. The van der Waals surface area contributed by atoms with E-state index in [0.29, 0.717) is 0 Å². The van der Waals surface area contributed by atoms with Crippen LogP contribution in [0.2, 0.25) is 0 Å². The van der Waals surface area contributed by atoms with E-state index in [1.165, 1.54) is 35.1 Å². The van der Waals surface area contributed by atoms with Crippen LogP contribution in [0.1, 0.15) is 80.9 Å². The molecule has 0 bridgehead atoms. The van der Waals surface area contributed by atoms with E-state index >= 15 is 0 Å². The molecule has 2 aromatic rings. The molecular formula is C29H32O2. The topological polar surface area (TPSA) is 37.3 Å². The van der Waals surface area contributed by atoms with Crippen LogP contribution in [0.4, 0.5) is 0 Å². The number of allylic oxidation sites excluding steroid dienone is 4. The van der Waals surface area contributed by atoms with Gasteiger partial charge in [-0.15, -0.1) is 0 Å². The third kappa shape index (κ3) is 5.56. The molecule has 0 atom stereocenters. The molecule has 0 aliphatic heterocycles. The van der Waals surface area contributed by atoms with Crippen molar-refractivity contribution in [2.75, 3.05) is 0 Å². The minimum Gasteiger partial charge on any atom is -0.478 e. The minimum absolute atomic E-state index is 0.109. The Hall–Kier alpha value is -3.05. The number of carboxylic acid groups (broad SMARTS) is 1. The fourth-order valence-electron chi connectivity index (χ4n) is 4.13.